The summed E-state index contributed by atoms with van der Waals surface area (Å²) in [6.07, 6.45) is 7.75. The first-order valence-corrected chi connectivity index (χ1v) is 8.32. The molecule has 1 aliphatic carbocycles. The van der Waals surface area contributed by atoms with Gasteiger partial charge in [-0.1, -0.05) is 36.9 Å². The molecule has 4 heteroatoms. The molecule has 0 atom stereocenters. The molecule has 1 N–H and O–H groups in total. The lowest BCUT2D eigenvalue weighted by molar-refractivity contribution is 0.433. The molecule has 0 radical (unpaired) electrons. The zero-order valence-electron chi connectivity index (χ0n) is 12.1. The van der Waals surface area contributed by atoms with Gasteiger partial charge in [0.05, 0.1) is 11.4 Å². The quantitative estimate of drug-likeness (QED) is 0.882. The maximum absolute atomic E-state index is 6.14. The van der Waals surface area contributed by atoms with E-state index in [1.54, 1.807) is 0 Å². The summed E-state index contributed by atoms with van der Waals surface area (Å²) in [6, 6.07) is 7.95. The fourth-order valence-electron chi connectivity index (χ4n) is 3.70. The lowest BCUT2D eigenvalue weighted by atomic mass is 9.85. The van der Waals surface area contributed by atoms with Crippen LogP contribution in [0.1, 0.15) is 49.3 Å². The van der Waals surface area contributed by atoms with Gasteiger partial charge in [-0.25, -0.2) is 4.68 Å². The van der Waals surface area contributed by atoms with Crippen molar-refractivity contribution in [2.75, 3.05) is 11.9 Å². The second kappa shape index (κ2) is 5.38. The molecule has 0 saturated heterocycles. The maximum atomic E-state index is 6.14. The molecule has 1 fully saturated rings. The fourth-order valence-corrected chi connectivity index (χ4v) is 3.88. The minimum Gasteiger partial charge on any atom is -0.369 e. The molecule has 2 aromatic rings. The Bertz CT molecular complexity index is 656. The summed E-state index contributed by atoms with van der Waals surface area (Å²) < 4.78 is 2.05. The van der Waals surface area contributed by atoms with Gasteiger partial charge in [0.25, 0.3) is 0 Å². The van der Waals surface area contributed by atoms with Crippen LogP contribution in [0.25, 0.3) is 5.69 Å². The molecule has 21 heavy (non-hydrogen) atoms. The normalized spacial score (nSPS) is 18.5. The van der Waals surface area contributed by atoms with E-state index in [-0.39, 0.29) is 0 Å². The van der Waals surface area contributed by atoms with E-state index in [0.29, 0.717) is 5.92 Å². The molecule has 1 aromatic heterocycles. The summed E-state index contributed by atoms with van der Waals surface area (Å²) in [5.74, 6) is 1.82. The number of hydrogen-bond acceptors (Lipinski definition) is 2. The van der Waals surface area contributed by atoms with Crippen molar-refractivity contribution < 1.29 is 0 Å². The summed E-state index contributed by atoms with van der Waals surface area (Å²) >= 11 is 6.14. The largest absolute Gasteiger partial charge is 0.369 e. The van der Waals surface area contributed by atoms with Crippen LogP contribution < -0.4 is 5.32 Å². The molecular weight excluding hydrogens is 282 g/mol. The van der Waals surface area contributed by atoms with Gasteiger partial charge in [-0.15, -0.1) is 0 Å². The summed E-state index contributed by atoms with van der Waals surface area (Å²) in [5.41, 5.74) is 3.81. The van der Waals surface area contributed by atoms with E-state index in [0.717, 1.165) is 23.7 Å². The van der Waals surface area contributed by atoms with Crippen LogP contribution in [0.5, 0.6) is 0 Å². The van der Waals surface area contributed by atoms with Crippen LogP contribution in [0.3, 0.4) is 0 Å². The first kappa shape index (κ1) is 13.2. The number of anilines is 1. The van der Waals surface area contributed by atoms with Gasteiger partial charge >= 0.3 is 0 Å². The monoisotopic (exact) mass is 301 g/mol. The van der Waals surface area contributed by atoms with Gasteiger partial charge in [0.2, 0.25) is 0 Å². The molecule has 1 aromatic carbocycles. The van der Waals surface area contributed by atoms with Crippen molar-refractivity contribution in [1.29, 1.82) is 0 Å². The van der Waals surface area contributed by atoms with Crippen molar-refractivity contribution in [3.05, 3.63) is 40.5 Å². The first-order chi connectivity index (χ1) is 10.3. The third-order valence-corrected chi connectivity index (χ3v) is 4.96. The third-order valence-electron chi connectivity index (χ3n) is 4.73. The minimum absolute atomic E-state index is 0.646. The van der Waals surface area contributed by atoms with Crippen molar-refractivity contribution in [2.24, 2.45) is 0 Å². The average Bonchev–Trinajstić information content (AvgIpc) is 3.10. The highest BCUT2D eigenvalue weighted by Crippen LogP contribution is 2.39. The second-order valence-electron chi connectivity index (χ2n) is 6.12. The molecule has 110 valence electrons. The van der Waals surface area contributed by atoms with Crippen LogP contribution in [0.15, 0.2) is 24.3 Å². The number of fused-ring (bicyclic) bond motifs is 1. The number of rotatable bonds is 2. The number of hydrogen-bond donors (Lipinski definition) is 1. The lowest BCUT2D eigenvalue weighted by Gasteiger charge is -2.20. The van der Waals surface area contributed by atoms with Crippen molar-refractivity contribution in [3.8, 4) is 5.69 Å². The molecule has 3 nitrogen and oxygen atoms in total. The highest BCUT2D eigenvalue weighted by molar-refractivity contribution is 6.30. The van der Waals surface area contributed by atoms with E-state index in [1.165, 1.54) is 49.2 Å². The smallest absolute Gasteiger partial charge is 0.133 e. The number of aromatic nitrogens is 2. The van der Waals surface area contributed by atoms with E-state index in [4.69, 9.17) is 16.7 Å². The molecule has 0 bridgehead atoms. The number of halogens is 1. The SMILES string of the molecule is Clc1cccc(-n2nc(C3CCCCC3)c3c2NCC3)c1. The molecule has 2 aliphatic rings. The van der Waals surface area contributed by atoms with Crippen molar-refractivity contribution in [1.82, 2.24) is 9.78 Å². The highest BCUT2D eigenvalue weighted by Gasteiger charge is 2.28. The number of nitrogens with one attached hydrogen (secondary N) is 1. The Hall–Kier alpha value is -1.48. The van der Waals surface area contributed by atoms with Gasteiger partial charge in [0, 0.05) is 23.0 Å². The number of nitrogens with zero attached hydrogens (tertiary/aromatic N) is 2. The van der Waals surface area contributed by atoms with Crippen LogP contribution in [0.4, 0.5) is 5.82 Å². The van der Waals surface area contributed by atoms with Crippen LogP contribution in [0.2, 0.25) is 5.02 Å². The lowest BCUT2D eigenvalue weighted by Crippen LogP contribution is -2.09. The molecule has 1 saturated carbocycles. The molecule has 2 heterocycles. The van der Waals surface area contributed by atoms with E-state index in [9.17, 15) is 0 Å². The second-order valence-corrected chi connectivity index (χ2v) is 6.55. The van der Waals surface area contributed by atoms with Gasteiger partial charge < -0.3 is 5.32 Å². The summed E-state index contributed by atoms with van der Waals surface area (Å²) in [6.45, 7) is 1.02. The van der Waals surface area contributed by atoms with E-state index >= 15 is 0 Å². The zero-order valence-corrected chi connectivity index (χ0v) is 12.9. The Kier molecular flexibility index (Phi) is 3.38. The Labute approximate surface area is 130 Å². The fraction of sp³-hybridized carbons (Fsp3) is 0.471. The molecule has 1 aliphatic heterocycles. The first-order valence-electron chi connectivity index (χ1n) is 7.94. The van der Waals surface area contributed by atoms with Gasteiger partial charge in [-0.05, 0) is 37.5 Å². The molecule has 4 rings (SSSR count). The van der Waals surface area contributed by atoms with Crippen molar-refractivity contribution in [2.45, 2.75) is 44.4 Å². The van der Waals surface area contributed by atoms with Crippen molar-refractivity contribution in [3.63, 3.8) is 0 Å². The highest BCUT2D eigenvalue weighted by atomic mass is 35.5. The van der Waals surface area contributed by atoms with Crippen LogP contribution >= 0.6 is 11.6 Å². The van der Waals surface area contributed by atoms with Crippen LogP contribution in [-0.4, -0.2) is 16.3 Å². The maximum Gasteiger partial charge on any atom is 0.133 e. The number of benzene rings is 1. The predicted molar refractivity (Wildman–Crippen MR) is 86.6 cm³/mol. The Morgan fingerprint density at radius 2 is 2.05 bits per heavy atom. The zero-order chi connectivity index (χ0) is 14.2. The topological polar surface area (TPSA) is 29.9 Å². The Morgan fingerprint density at radius 1 is 1.19 bits per heavy atom. The summed E-state index contributed by atoms with van der Waals surface area (Å²) in [4.78, 5) is 0. The summed E-state index contributed by atoms with van der Waals surface area (Å²) in [7, 11) is 0. The predicted octanol–water partition coefficient (Wildman–Crippen LogP) is 4.54. The van der Waals surface area contributed by atoms with Gasteiger partial charge in [0.1, 0.15) is 5.82 Å². The van der Waals surface area contributed by atoms with Crippen molar-refractivity contribution >= 4 is 17.4 Å². The molecule has 0 amide bonds. The van der Waals surface area contributed by atoms with Gasteiger partial charge in [-0.3, -0.25) is 0 Å². The minimum atomic E-state index is 0.646. The average molecular weight is 302 g/mol. The van der Waals surface area contributed by atoms with E-state index in [2.05, 4.69) is 16.1 Å². The van der Waals surface area contributed by atoms with Crippen LogP contribution in [0, 0.1) is 0 Å². The van der Waals surface area contributed by atoms with Crippen LogP contribution in [-0.2, 0) is 6.42 Å². The molecular formula is C17H20ClN3. The molecule has 0 unspecified atom stereocenters. The van der Waals surface area contributed by atoms with Gasteiger partial charge in [-0.2, -0.15) is 5.10 Å². The Morgan fingerprint density at radius 3 is 2.86 bits per heavy atom. The molecule has 0 spiro atoms. The summed E-state index contributed by atoms with van der Waals surface area (Å²) in [5, 5.41) is 9.22. The standard InChI is InChI=1S/C17H20ClN3/c18-13-7-4-8-14(11-13)21-17-15(9-10-19-17)16(20-21)12-5-2-1-3-6-12/h4,7-8,11-12,19H,1-3,5-6,9-10H2. The van der Waals surface area contributed by atoms with E-state index in [1.807, 2.05) is 18.2 Å². The van der Waals surface area contributed by atoms with E-state index < -0.39 is 0 Å². The Balaban J connectivity index is 1.78. The third kappa shape index (κ3) is 2.34. The van der Waals surface area contributed by atoms with Gasteiger partial charge in [0.15, 0.2) is 0 Å².